The second kappa shape index (κ2) is 14.9. The fourth-order valence-electron chi connectivity index (χ4n) is 9.49. The van der Waals surface area contributed by atoms with Gasteiger partial charge in [-0.05, 0) is 154 Å². The summed E-state index contributed by atoms with van der Waals surface area (Å²) in [6, 6.07) is 39.9. The fraction of sp³-hybridized carbons (Fsp3) is 0.368. The molecule has 59 heavy (non-hydrogen) atoms. The van der Waals surface area contributed by atoms with Gasteiger partial charge in [0.05, 0.1) is 22.2 Å². The van der Waals surface area contributed by atoms with Gasteiger partial charge in [-0.3, -0.25) is 0 Å². The Kier molecular flexibility index (Phi) is 10.3. The Balaban J connectivity index is 1.15. The summed E-state index contributed by atoms with van der Waals surface area (Å²) in [6.45, 7) is 28.0. The average molecular weight is 779 g/mol. The van der Waals surface area contributed by atoms with Crippen molar-refractivity contribution in [1.82, 2.24) is 9.13 Å². The molecule has 0 saturated heterocycles. The van der Waals surface area contributed by atoms with Crippen molar-refractivity contribution in [2.75, 3.05) is 0 Å². The van der Waals surface area contributed by atoms with Crippen molar-refractivity contribution >= 4 is 38.8 Å². The minimum absolute atomic E-state index is 0.229. The molecule has 0 aliphatic heterocycles. The molecule has 0 unspecified atom stereocenters. The molecule has 304 valence electrons. The highest BCUT2D eigenvalue weighted by atomic mass is 15.0. The fourth-order valence-corrected chi connectivity index (χ4v) is 9.49. The number of aromatic nitrogens is 2. The van der Waals surface area contributed by atoms with Gasteiger partial charge in [-0.2, -0.15) is 0 Å². The lowest BCUT2D eigenvalue weighted by Crippen LogP contribution is -2.09. The van der Waals surface area contributed by atoms with E-state index in [4.69, 9.17) is 0 Å². The average Bonchev–Trinajstić information content (AvgIpc) is 3.52. The van der Waals surface area contributed by atoms with Gasteiger partial charge in [-0.1, -0.05) is 143 Å². The summed E-state index contributed by atoms with van der Waals surface area (Å²) in [5.41, 5.74) is 17.9. The van der Waals surface area contributed by atoms with E-state index < -0.39 is 0 Å². The lowest BCUT2D eigenvalue weighted by molar-refractivity contribution is 0.411. The third kappa shape index (κ3) is 8.94. The van der Waals surface area contributed by atoms with E-state index in [0.717, 1.165) is 32.1 Å². The SMILES string of the molecule is CC(C)(C)CC1=CCc2c(n(-c3ccc(-c4ccc(-n5c6ccc(CC(C)(C)C)cc6c6cc(CC(C)(C)C)ccc65)cc4)cc3)c3ccc(CC(C)(C)C)cc23)C=C1. The van der Waals surface area contributed by atoms with Crippen LogP contribution in [0.1, 0.15) is 117 Å². The molecule has 0 spiro atoms. The molecule has 2 heterocycles. The summed E-state index contributed by atoms with van der Waals surface area (Å²) in [5.74, 6) is 0. The summed E-state index contributed by atoms with van der Waals surface area (Å²) < 4.78 is 4.95. The van der Waals surface area contributed by atoms with Crippen molar-refractivity contribution < 1.29 is 0 Å². The molecule has 0 atom stereocenters. The zero-order chi connectivity index (χ0) is 42.1. The molecule has 0 saturated carbocycles. The van der Waals surface area contributed by atoms with E-state index in [1.165, 1.54) is 88.7 Å². The highest BCUT2D eigenvalue weighted by Gasteiger charge is 2.22. The molecule has 1 aliphatic carbocycles. The van der Waals surface area contributed by atoms with Crippen molar-refractivity contribution in [2.24, 2.45) is 21.7 Å². The summed E-state index contributed by atoms with van der Waals surface area (Å²) in [6.07, 6.45) is 12.4. The van der Waals surface area contributed by atoms with Gasteiger partial charge >= 0.3 is 0 Å². The van der Waals surface area contributed by atoms with Crippen LogP contribution in [-0.2, 0) is 25.7 Å². The molecule has 8 rings (SSSR count). The van der Waals surface area contributed by atoms with Gasteiger partial charge in [-0.25, -0.2) is 0 Å². The van der Waals surface area contributed by atoms with Crippen LogP contribution in [0, 0.1) is 21.7 Å². The number of hydrogen-bond acceptors (Lipinski definition) is 0. The van der Waals surface area contributed by atoms with Crippen molar-refractivity contribution in [2.45, 2.75) is 115 Å². The second-order valence-corrected chi connectivity index (χ2v) is 22.4. The van der Waals surface area contributed by atoms with Gasteiger partial charge in [0.2, 0.25) is 0 Å². The number of fused-ring (bicyclic) bond motifs is 6. The smallest absolute Gasteiger partial charge is 0.0541 e. The van der Waals surface area contributed by atoms with Gasteiger partial charge in [0, 0.05) is 27.5 Å². The minimum atomic E-state index is 0.229. The van der Waals surface area contributed by atoms with Crippen LogP contribution in [0.4, 0.5) is 0 Å². The van der Waals surface area contributed by atoms with Crippen LogP contribution >= 0.6 is 0 Å². The van der Waals surface area contributed by atoms with Gasteiger partial charge in [-0.15, -0.1) is 0 Å². The number of rotatable bonds is 7. The van der Waals surface area contributed by atoms with Crippen LogP contribution in [0.5, 0.6) is 0 Å². The molecule has 0 N–H and O–H groups in total. The van der Waals surface area contributed by atoms with Gasteiger partial charge in [0.1, 0.15) is 0 Å². The van der Waals surface area contributed by atoms with Crippen LogP contribution in [0.3, 0.4) is 0 Å². The Morgan fingerprint density at radius 1 is 0.407 bits per heavy atom. The molecule has 2 nitrogen and oxygen atoms in total. The maximum Gasteiger partial charge on any atom is 0.0541 e. The molecule has 1 aliphatic rings. The second-order valence-electron chi connectivity index (χ2n) is 22.4. The highest BCUT2D eigenvalue weighted by Crippen LogP contribution is 2.39. The quantitative estimate of drug-likeness (QED) is 0.153. The summed E-state index contributed by atoms with van der Waals surface area (Å²) in [7, 11) is 0. The molecule has 0 fully saturated rings. The van der Waals surface area contributed by atoms with Crippen LogP contribution < -0.4 is 0 Å². The minimum Gasteiger partial charge on any atom is -0.310 e. The highest BCUT2D eigenvalue weighted by molar-refractivity contribution is 6.09. The zero-order valence-electron chi connectivity index (χ0n) is 38.0. The number of hydrogen-bond donors (Lipinski definition) is 0. The molecule has 0 amide bonds. The predicted molar refractivity (Wildman–Crippen MR) is 257 cm³/mol. The Bertz CT molecular complexity index is 2660. The van der Waals surface area contributed by atoms with Crippen LogP contribution in [0.25, 0.3) is 61.3 Å². The molecule has 2 aromatic heterocycles. The van der Waals surface area contributed by atoms with Crippen molar-refractivity contribution in [3.05, 3.63) is 149 Å². The third-order valence-corrected chi connectivity index (χ3v) is 11.6. The zero-order valence-corrected chi connectivity index (χ0v) is 38.0. The van der Waals surface area contributed by atoms with Crippen LogP contribution in [-0.4, -0.2) is 9.13 Å². The van der Waals surface area contributed by atoms with Gasteiger partial charge in [0.15, 0.2) is 0 Å². The first-order chi connectivity index (χ1) is 27.7. The topological polar surface area (TPSA) is 9.86 Å². The molecular formula is C57H66N2. The first-order valence-electron chi connectivity index (χ1n) is 22.0. The van der Waals surface area contributed by atoms with Crippen LogP contribution in [0.2, 0.25) is 0 Å². The Morgan fingerprint density at radius 3 is 1.22 bits per heavy atom. The monoisotopic (exact) mass is 779 g/mol. The molecular weight excluding hydrogens is 713 g/mol. The number of nitrogens with zero attached hydrogens (tertiary/aromatic N) is 2. The van der Waals surface area contributed by atoms with Crippen molar-refractivity contribution in [3.8, 4) is 22.5 Å². The first-order valence-corrected chi connectivity index (χ1v) is 22.0. The Morgan fingerprint density at radius 2 is 0.797 bits per heavy atom. The first kappa shape index (κ1) is 40.7. The lowest BCUT2D eigenvalue weighted by Gasteiger charge is -2.19. The molecule has 0 radical (unpaired) electrons. The molecule has 2 heteroatoms. The number of benzene rings is 5. The normalized spacial score (nSPS) is 14.0. The van der Waals surface area contributed by atoms with E-state index in [0.29, 0.717) is 0 Å². The molecule has 7 aromatic rings. The predicted octanol–water partition coefficient (Wildman–Crippen LogP) is 16.1. The summed E-state index contributed by atoms with van der Waals surface area (Å²) in [4.78, 5) is 0. The van der Waals surface area contributed by atoms with Crippen molar-refractivity contribution in [1.29, 1.82) is 0 Å². The number of allylic oxidation sites excluding steroid dienone is 3. The van der Waals surface area contributed by atoms with E-state index in [9.17, 15) is 0 Å². The van der Waals surface area contributed by atoms with Gasteiger partial charge < -0.3 is 9.13 Å². The van der Waals surface area contributed by atoms with Crippen LogP contribution in [0.15, 0.2) is 121 Å². The standard InChI is InChI=1S/C57H66N2/c1-54(2,3)34-38-13-26-46-47-31-39(35-55(4,5)6)15-28-51(47)58(50(46)27-14-38)44-22-18-42(19-23-44)43-20-24-45(25-21-43)59-52-29-16-40(36-56(7,8)9)32-48(52)49-33-41(17-30-53(49)59)37-57(10,11)12/h13-25,27-33H,26,34-37H2,1-12H3. The van der Waals surface area contributed by atoms with E-state index in [2.05, 4.69) is 214 Å². The van der Waals surface area contributed by atoms with E-state index in [1.54, 1.807) is 0 Å². The summed E-state index contributed by atoms with van der Waals surface area (Å²) >= 11 is 0. The largest absolute Gasteiger partial charge is 0.310 e. The van der Waals surface area contributed by atoms with E-state index in [1.807, 2.05) is 0 Å². The maximum atomic E-state index is 2.49. The molecule has 0 bridgehead atoms. The lowest BCUT2D eigenvalue weighted by atomic mass is 9.87. The van der Waals surface area contributed by atoms with Crippen molar-refractivity contribution in [3.63, 3.8) is 0 Å². The summed E-state index contributed by atoms with van der Waals surface area (Å²) in [5, 5.41) is 4.06. The maximum absolute atomic E-state index is 2.49. The molecule has 5 aromatic carbocycles. The Hall–Kier alpha value is -5.08. The van der Waals surface area contributed by atoms with Gasteiger partial charge in [0.25, 0.3) is 0 Å². The third-order valence-electron chi connectivity index (χ3n) is 11.6. The van der Waals surface area contributed by atoms with E-state index >= 15 is 0 Å². The van der Waals surface area contributed by atoms with E-state index in [-0.39, 0.29) is 21.7 Å². The Labute approximate surface area is 354 Å².